The van der Waals surface area contributed by atoms with E-state index in [1.807, 2.05) is 0 Å². The largest absolute Gasteiger partial charge is 0.348 e. The Balaban J connectivity index is 2.50. The molecule has 0 bridgehead atoms. The first-order valence-corrected chi connectivity index (χ1v) is 4.63. The van der Waals surface area contributed by atoms with Crippen molar-refractivity contribution in [1.29, 1.82) is 5.53 Å². The molecule has 0 atom stereocenters. The molecule has 0 saturated carbocycles. The number of amides is 1. The van der Waals surface area contributed by atoms with E-state index >= 15 is 0 Å². The van der Waals surface area contributed by atoms with Crippen molar-refractivity contribution >= 4 is 17.3 Å². The molecule has 16 heavy (non-hydrogen) atoms. The lowest BCUT2D eigenvalue weighted by Gasteiger charge is -2.28. The Kier molecular flexibility index (Phi) is 2.41. The third-order valence-corrected chi connectivity index (χ3v) is 2.39. The van der Waals surface area contributed by atoms with E-state index in [1.165, 1.54) is 0 Å². The van der Waals surface area contributed by atoms with Gasteiger partial charge in [-0.15, -0.1) is 5.11 Å². The highest BCUT2D eigenvalue weighted by molar-refractivity contribution is 6.00. The molecule has 0 saturated heterocycles. The van der Waals surface area contributed by atoms with Crippen LogP contribution in [0.2, 0.25) is 0 Å². The molecular formula is C10H10N4O2. The maximum atomic E-state index is 11.3. The summed E-state index contributed by atoms with van der Waals surface area (Å²) in [7, 11) is 0. The van der Waals surface area contributed by atoms with Crippen LogP contribution < -0.4 is 10.4 Å². The van der Waals surface area contributed by atoms with Crippen LogP contribution >= 0.6 is 0 Å². The fourth-order valence-corrected chi connectivity index (χ4v) is 1.54. The standard InChI is InChI=1S/C10H10N4O2/c1-6-9(10(15)13-11)12-7-4-2-3-5-8(7)14(6)16/h2-5,11-12,16H,1H3. The van der Waals surface area contributed by atoms with E-state index in [-0.39, 0.29) is 5.70 Å². The minimum Gasteiger partial charge on any atom is -0.348 e. The number of rotatable bonds is 1. The Morgan fingerprint density at radius 1 is 1.50 bits per heavy atom. The van der Waals surface area contributed by atoms with E-state index < -0.39 is 5.91 Å². The summed E-state index contributed by atoms with van der Waals surface area (Å²) in [5, 5.41) is 16.4. The maximum absolute atomic E-state index is 11.3. The molecule has 0 aromatic heterocycles. The number of nitrogens with one attached hydrogen (secondary N) is 2. The maximum Gasteiger partial charge on any atom is 0.313 e. The van der Waals surface area contributed by atoms with Gasteiger partial charge < -0.3 is 5.32 Å². The van der Waals surface area contributed by atoms with Crippen LogP contribution in [0.5, 0.6) is 0 Å². The normalized spacial score (nSPS) is 14.2. The van der Waals surface area contributed by atoms with Crippen LogP contribution in [0, 0.1) is 5.53 Å². The van der Waals surface area contributed by atoms with Gasteiger partial charge in [-0.2, -0.15) is 0 Å². The van der Waals surface area contributed by atoms with E-state index in [0.29, 0.717) is 17.1 Å². The van der Waals surface area contributed by atoms with Gasteiger partial charge in [-0.25, -0.2) is 10.6 Å². The SMILES string of the molecule is CC1=C(C(=O)N=N)Nc2ccccc2N1O. The second-order valence-corrected chi connectivity index (χ2v) is 3.33. The molecule has 3 N–H and O–H groups in total. The Morgan fingerprint density at radius 3 is 2.88 bits per heavy atom. The van der Waals surface area contributed by atoms with Gasteiger partial charge in [0.1, 0.15) is 5.70 Å². The molecule has 6 nitrogen and oxygen atoms in total. The summed E-state index contributed by atoms with van der Waals surface area (Å²) in [6, 6.07) is 6.99. The average Bonchev–Trinajstić information content (AvgIpc) is 2.33. The summed E-state index contributed by atoms with van der Waals surface area (Å²) in [6.45, 7) is 1.57. The average molecular weight is 218 g/mol. The molecule has 0 aliphatic carbocycles. The van der Waals surface area contributed by atoms with E-state index in [1.54, 1.807) is 31.2 Å². The number of carbonyl (C=O) groups is 1. The predicted molar refractivity (Wildman–Crippen MR) is 57.2 cm³/mol. The van der Waals surface area contributed by atoms with E-state index in [9.17, 15) is 10.0 Å². The van der Waals surface area contributed by atoms with Crippen LogP contribution in [-0.4, -0.2) is 11.1 Å². The molecule has 0 unspecified atom stereocenters. The number of allylic oxidation sites excluding steroid dienone is 1. The lowest BCUT2D eigenvalue weighted by Crippen LogP contribution is -2.28. The second kappa shape index (κ2) is 3.74. The summed E-state index contributed by atoms with van der Waals surface area (Å²) in [6.07, 6.45) is 0. The molecule has 6 heteroatoms. The van der Waals surface area contributed by atoms with E-state index in [4.69, 9.17) is 5.53 Å². The molecule has 0 radical (unpaired) electrons. The topological polar surface area (TPSA) is 88.8 Å². The first-order chi connectivity index (χ1) is 7.65. The summed E-state index contributed by atoms with van der Waals surface area (Å²) < 4.78 is 0. The Labute approximate surface area is 91.7 Å². The molecule has 1 aromatic carbocycles. The quantitative estimate of drug-likeness (QED) is 0.630. The number of nitrogens with zero attached hydrogens (tertiary/aromatic N) is 2. The molecule has 2 rings (SSSR count). The Morgan fingerprint density at radius 2 is 2.19 bits per heavy atom. The van der Waals surface area contributed by atoms with Crippen molar-refractivity contribution in [2.24, 2.45) is 5.11 Å². The number of fused-ring (bicyclic) bond motifs is 1. The third-order valence-electron chi connectivity index (χ3n) is 2.39. The van der Waals surface area contributed by atoms with E-state index in [0.717, 1.165) is 5.06 Å². The van der Waals surface area contributed by atoms with Gasteiger partial charge in [0.25, 0.3) is 0 Å². The fraction of sp³-hybridized carbons (Fsp3) is 0.100. The molecule has 0 spiro atoms. The zero-order chi connectivity index (χ0) is 11.7. The zero-order valence-electron chi connectivity index (χ0n) is 8.56. The number of anilines is 2. The van der Waals surface area contributed by atoms with Crippen LogP contribution in [-0.2, 0) is 4.79 Å². The molecule has 1 aromatic rings. The summed E-state index contributed by atoms with van der Waals surface area (Å²) in [5.41, 5.74) is 8.27. The van der Waals surface area contributed by atoms with Crippen molar-refractivity contribution in [3.63, 3.8) is 0 Å². The molecule has 1 aliphatic heterocycles. The smallest absolute Gasteiger partial charge is 0.313 e. The highest BCUT2D eigenvalue weighted by Crippen LogP contribution is 2.33. The first-order valence-electron chi connectivity index (χ1n) is 4.63. The van der Waals surface area contributed by atoms with Gasteiger partial charge in [0.15, 0.2) is 0 Å². The molecule has 0 fully saturated rings. The second-order valence-electron chi connectivity index (χ2n) is 3.33. The van der Waals surface area contributed by atoms with Gasteiger partial charge in [-0.1, -0.05) is 12.1 Å². The van der Waals surface area contributed by atoms with Gasteiger partial charge in [-0.3, -0.25) is 10.0 Å². The molecule has 1 aliphatic rings. The Hall–Kier alpha value is -2.21. The lowest BCUT2D eigenvalue weighted by molar-refractivity contribution is -0.115. The van der Waals surface area contributed by atoms with Crippen molar-refractivity contribution in [2.45, 2.75) is 6.92 Å². The van der Waals surface area contributed by atoms with Gasteiger partial charge in [0.2, 0.25) is 0 Å². The number of hydrogen-bond donors (Lipinski definition) is 3. The molecule has 82 valence electrons. The highest BCUT2D eigenvalue weighted by atomic mass is 16.5. The Bertz CT molecular complexity index is 495. The number of carbonyl (C=O) groups excluding carboxylic acids is 1. The summed E-state index contributed by atoms with van der Waals surface area (Å²) in [4.78, 5) is 11.3. The highest BCUT2D eigenvalue weighted by Gasteiger charge is 2.24. The van der Waals surface area contributed by atoms with Crippen LogP contribution in [0.1, 0.15) is 6.92 Å². The van der Waals surface area contributed by atoms with Crippen LogP contribution in [0.15, 0.2) is 40.8 Å². The van der Waals surface area contributed by atoms with Crippen LogP contribution in [0.4, 0.5) is 11.4 Å². The van der Waals surface area contributed by atoms with Crippen LogP contribution in [0.3, 0.4) is 0 Å². The summed E-state index contributed by atoms with van der Waals surface area (Å²) >= 11 is 0. The monoisotopic (exact) mass is 218 g/mol. The van der Waals surface area contributed by atoms with E-state index in [2.05, 4.69) is 10.4 Å². The van der Waals surface area contributed by atoms with Gasteiger partial charge >= 0.3 is 5.91 Å². The van der Waals surface area contributed by atoms with Crippen molar-refractivity contribution in [3.8, 4) is 0 Å². The first kappa shape index (κ1) is 10.3. The summed E-state index contributed by atoms with van der Waals surface area (Å²) in [5.74, 6) is -0.717. The number of para-hydroxylation sites is 2. The third kappa shape index (κ3) is 1.45. The van der Waals surface area contributed by atoms with Crippen molar-refractivity contribution in [1.82, 2.24) is 0 Å². The minimum absolute atomic E-state index is 0.108. The van der Waals surface area contributed by atoms with Crippen molar-refractivity contribution < 1.29 is 10.0 Å². The minimum atomic E-state index is -0.717. The number of hydroxylamine groups is 1. The van der Waals surface area contributed by atoms with Crippen molar-refractivity contribution in [2.75, 3.05) is 10.4 Å². The lowest BCUT2D eigenvalue weighted by atomic mass is 10.1. The van der Waals surface area contributed by atoms with Gasteiger partial charge in [0, 0.05) is 0 Å². The van der Waals surface area contributed by atoms with Crippen LogP contribution in [0.25, 0.3) is 0 Å². The fourth-order valence-electron chi connectivity index (χ4n) is 1.54. The van der Waals surface area contributed by atoms with Crippen molar-refractivity contribution in [3.05, 3.63) is 35.7 Å². The number of hydrogen-bond acceptors (Lipinski definition) is 5. The van der Waals surface area contributed by atoms with Gasteiger partial charge in [-0.05, 0) is 19.1 Å². The predicted octanol–water partition coefficient (Wildman–Crippen LogP) is 2.10. The number of benzene rings is 1. The molecular weight excluding hydrogens is 208 g/mol. The molecule has 1 amide bonds. The van der Waals surface area contributed by atoms with Gasteiger partial charge in [0.05, 0.1) is 17.1 Å². The zero-order valence-corrected chi connectivity index (χ0v) is 8.56. The molecule has 1 heterocycles.